The molecular weight excluding hydrogens is 629 g/mol. The number of nitrogens with zero attached hydrogens (tertiary/aromatic N) is 2. The molecule has 3 nitrogen and oxygen atoms in total. The molecule has 0 unspecified atom stereocenters. The molecular formula is C46H28N2OS. The van der Waals surface area contributed by atoms with E-state index >= 15 is 0 Å². The first-order chi connectivity index (χ1) is 24.8. The SMILES string of the molecule is c1ccc(-n2c3ccccc3c3cccc(N(c4ccc5oc6ccccc6c5c4)c4cccc5c4ccc4c6ccccc6sc54)c32)cc1. The highest BCUT2D eigenvalue weighted by Gasteiger charge is 2.24. The second-order valence-corrected chi connectivity index (χ2v) is 13.9. The zero-order valence-electron chi connectivity index (χ0n) is 26.9. The number of furan rings is 1. The first-order valence-corrected chi connectivity index (χ1v) is 17.8. The molecule has 234 valence electrons. The quantitative estimate of drug-likeness (QED) is 0.188. The van der Waals surface area contributed by atoms with Crippen molar-refractivity contribution in [2.24, 2.45) is 0 Å². The van der Waals surface area contributed by atoms with Crippen LogP contribution in [0.3, 0.4) is 0 Å². The summed E-state index contributed by atoms with van der Waals surface area (Å²) in [5.41, 5.74) is 8.58. The molecule has 0 bridgehead atoms. The maximum atomic E-state index is 6.31. The van der Waals surface area contributed by atoms with Crippen LogP contribution in [-0.2, 0) is 0 Å². The van der Waals surface area contributed by atoms with E-state index in [4.69, 9.17) is 4.42 Å². The molecule has 0 aliphatic heterocycles. The van der Waals surface area contributed by atoms with Crippen LogP contribution in [0.2, 0.25) is 0 Å². The van der Waals surface area contributed by atoms with Crippen molar-refractivity contribution in [1.29, 1.82) is 0 Å². The molecule has 0 spiro atoms. The van der Waals surface area contributed by atoms with Crippen molar-refractivity contribution in [3.63, 3.8) is 0 Å². The third kappa shape index (κ3) is 3.91. The van der Waals surface area contributed by atoms with Crippen molar-refractivity contribution >= 4 is 103 Å². The van der Waals surface area contributed by atoms with E-state index in [0.29, 0.717) is 0 Å². The van der Waals surface area contributed by atoms with E-state index in [0.717, 1.165) is 50.2 Å². The fourth-order valence-electron chi connectivity index (χ4n) is 8.01. The van der Waals surface area contributed by atoms with Crippen molar-refractivity contribution in [1.82, 2.24) is 4.57 Å². The van der Waals surface area contributed by atoms with E-state index in [1.807, 2.05) is 23.5 Å². The van der Waals surface area contributed by atoms with E-state index < -0.39 is 0 Å². The van der Waals surface area contributed by atoms with Crippen molar-refractivity contribution in [3.8, 4) is 5.69 Å². The number of anilines is 3. The summed E-state index contributed by atoms with van der Waals surface area (Å²) in [6.07, 6.45) is 0. The molecule has 3 heterocycles. The normalized spacial score (nSPS) is 12.0. The predicted molar refractivity (Wildman–Crippen MR) is 213 cm³/mol. The van der Waals surface area contributed by atoms with Crippen LogP contribution in [0.5, 0.6) is 0 Å². The second-order valence-electron chi connectivity index (χ2n) is 12.9. The van der Waals surface area contributed by atoms with Crippen LogP contribution in [0, 0.1) is 0 Å². The van der Waals surface area contributed by atoms with Crippen LogP contribution in [0.4, 0.5) is 17.1 Å². The Morgan fingerprint density at radius 2 is 1.10 bits per heavy atom. The molecule has 0 N–H and O–H groups in total. The van der Waals surface area contributed by atoms with Gasteiger partial charge in [0.15, 0.2) is 0 Å². The van der Waals surface area contributed by atoms with E-state index in [-0.39, 0.29) is 0 Å². The minimum absolute atomic E-state index is 0.886. The van der Waals surface area contributed by atoms with Gasteiger partial charge in [0, 0.05) is 63.9 Å². The first kappa shape index (κ1) is 27.6. The molecule has 0 fully saturated rings. The van der Waals surface area contributed by atoms with Gasteiger partial charge in [-0.25, -0.2) is 0 Å². The molecule has 3 aromatic heterocycles. The van der Waals surface area contributed by atoms with E-state index in [2.05, 4.69) is 167 Å². The van der Waals surface area contributed by atoms with Crippen LogP contribution in [0.15, 0.2) is 174 Å². The number of fused-ring (bicyclic) bond motifs is 11. The fourth-order valence-corrected chi connectivity index (χ4v) is 9.24. The van der Waals surface area contributed by atoms with Gasteiger partial charge >= 0.3 is 0 Å². The molecule has 0 saturated carbocycles. The first-order valence-electron chi connectivity index (χ1n) is 16.9. The van der Waals surface area contributed by atoms with Gasteiger partial charge in [0.2, 0.25) is 0 Å². The van der Waals surface area contributed by atoms with E-state index in [9.17, 15) is 0 Å². The second kappa shape index (κ2) is 10.6. The minimum Gasteiger partial charge on any atom is -0.456 e. The van der Waals surface area contributed by atoms with Gasteiger partial charge in [0.25, 0.3) is 0 Å². The Morgan fingerprint density at radius 3 is 2.00 bits per heavy atom. The summed E-state index contributed by atoms with van der Waals surface area (Å²) >= 11 is 1.88. The Balaban J connectivity index is 1.28. The molecule has 0 aliphatic rings. The zero-order chi connectivity index (χ0) is 32.8. The molecule has 4 heteroatoms. The Bertz CT molecular complexity index is 3110. The highest BCUT2D eigenvalue weighted by Crippen LogP contribution is 2.48. The van der Waals surface area contributed by atoms with Crippen molar-refractivity contribution < 1.29 is 4.42 Å². The molecule has 0 aliphatic carbocycles. The lowest BCUT2D eigenvalue weighted by Gasteiger charge is -2.28. The third-order valence-electron chi connectivity index (χ3n) is 10.2. The Morgan fingerprint density at radius 1 is 0.440 bits per heavy atom. The summed E-state index contributed by atoms with van der Waals surface area (Å²) in [4.78, 5) is 2.46. The fraction of sp³-hybridized carbons (Fsp3) is 0. The van der Waals surface area contributed by atoms with Crippen molar-refractivity contribution in [3.05, 3.63) is 170 Å². The monoisotopic (exact) mass is 656 g/mol. The van der Waals surface area contributed by atoms with Gasteiger partial charge in [0.05, 0.1) is 22.4 Å². The maximum Gasteiger partial charge on any atom is 0.135 e. The van der Waals surface area contributed by atoms with Crippen LogP contribution in [-0.4, -0.2) is 4.57 Å². The van der Waals surface area contributed by atoms with Gasteiger partial charge in [0.1, 0.15) is 11.2 Å². The number of para-hydroxylation sites is 4. The number of aromatic nitrogens is 1. The molecule has 11 rings (SSSR count). The Labute approximate surface area is 291 Å². The molecule has 0 radical (unpaired) electrons. The standard InChI is InChI=1S/C46H28N2OS/c1-2-12-29(13-3-1)48-40-19-7-4-14-31(40)35-17-10-21-41(45(35)48)47(30-24-27-43-38(28-30)33-15-5-8-22-42(33)49-43)39-20-11-18-36-32(39)25-26-37-34-16-6-9-23-44(34)50-46(36)37/h1-28H. The minimum atomic E-state index is 0.886. The van der Waals surface area contributed by atoms with Crippen LogP contribution in [0.1, 0.15) is 0 Å². The predicted octanol–water partition coefficient (Wildman–Crippen LogP) is 13.7. The number of rotatable bonds is 4. The van der Waals surface area contributed by atoms with Crippen molar-refractivity contribution in [2.45, 2.75) is 0 Å². The average molecular weight is 657 g/mol. The summed E-state index contributed by atoms with van der Waals surface area (Å²) in [6, 6.07) is 61.3. The van der Waals surface area contributed by atoms with Crippen molar-refractivity contribution in [2.75, 3.05) is 4.90 Å². The van der Waals surface area contributed by atoms with Crippen LogP contribution in [0.25, 0.3) is 80.4 Å². The number of thiophene rings is 1. The number of hydrogen-bond acceptors (Lipinski definition) is 3. The summed E-state index contributed by atoms with van der Waals surface area (Å²) < 4.78 is 11.4. The largest absolute Gasteiger partial charge is 0.456 e. The third-order valence-corrected chi connectivity index (χ3v) is 11.4. The van der Waals surface area contributed by atoms with E-state index in [1.54, 1.807) is 0 Å². The van der Waals surface area contributed by atoms with Gasteiger partial charge < -0.3 is 13.9 Å². The summed E-state index contributed by atoms with van der Waals surface area (Å²) in [7, 11) is 0. The smallest absolute Gasteiger partial charge is 0.135 e. The average Bonchev–Trinajstić information content (AvgIpc) is 3.85. The summed E-state index contributed by atoms with van der Waals surface area (Å²) in [6.45, 7) is 0. The number of hydrogen-bond donors (Lipinski definition) is 0. The molecule has 0 amide bonds. The van der Waals surface area contributed by atoms with Crippen LogP contribution >= 0.6 is 11.3 Å². The number of benzene rings is 8. The van der Waals surface area contributed by atoms with E-state index in [1.165, 1.54) is 47.2 Å². The Hall–Kier alpha value is -6.36. The lowest BCUT2D eigenvalue weighted by atomic mass is 10.0. The van der Waals surface area contributed by atoms with Gasteiger partial charge in [-0.2, -0.15) is 0 Å². The Kier molecular flexibility index (Phi) is 5.83. The summed E-state index contributed by atoms with van der Waals surface area (Å²) in [5, 5.41) is 9.76. The maximum absolute atomic E-state index is 6.31. The topological polar surface area (TPSA) is 21.3 Å². The lowest BCUT2D eigenvalue weighted by molar-refractivity contribution is 0.669. The molecule has 50 heavy (non-hydrogen) atoms. The molecule has 0 atom stereocenters. The molecule has 11 aromatic rings. The van der Waals surface area contributed by atoms with Crippen LogP contribution < -0.4 is 4.90 Å². The highest BCUT2D eigenvalue weighted by molar-refractivity contribution is 7.26. The van der Waals surface area contributed by atoms with Gasteiger partial charge in [-0.3, -0.25) is 0 Å². The highest BCUT2D eigenvalue weighted by atomic mass is 32.1. The summed E-state index contributed by atoms with van der Waals surface area (Å²) in [5.74, 6) is 0. The molecule has 8 aromatic carbocycles. The zero-order valence-corrected chi connectivity index (χ0v) is 27.7. The molecule has 0 saturated heterocycles. The van der Waals surface area contributed by atoms with Gasteiger partial charge in [-0.1, -0.05) is 109 Å². The lowest BCUT2D eigenvalue weighted by Crippen LogP contribution is -2.12. The van der Waals surface area contributed by atoms with Gasteiger partial charge in [-0.15, -0.1) is 11.3 Å². The van der Waals surface area contributed by atoms with Gasteiger partial charge in [-0.05, 0) is 60.7 Å².